The molecule has 4 nitrogen and oxygen atoms in total. The highest BCUT2D eigenvalue weighted by atomic mass is 27.0. The van der Waals surface area contributed by atoms with E-state index in [1.165, 1.54) is 11.1 Å². The summed E-state index contributed by atoms with van der Waals surface area (Å²) in [7, 11) is 0. The number of rotatable bonds is 1. The van der Waals surface area contributed by atoms with Crippen molar-refractivity contribution in [3.05, 3.63) is 71.3 Å². The van der Waals surface area contributed by atoms with E-state index in [0.717, 1.165) is 51.3 Å². The van der Waals surface area contributed by atoms with E-state index >= 15 is 0 Å². The Morgan fingerprint density at radius 1 is 0.714 bits per heavy atom. The molecular formula is C23H20AlN4. The molecule has 3 aromatic rings. The Bertz CT molecular complexity index is 1270. The maximum Gasteiger partial charge on any atom is 0.0693 e. The normalized spacial score (nSPS) is 12.9. The maximum absolute atomic E-state index is 4.89. The van der Waals surface area contributed by atoms with Crippen molar-refractivity contribution in [2.24, 2.45) is 0 Å². The molecular weight excluding hydrogens is 359 g/mol. The van der Waals surface area contributed by atoms with Gasteiger partial charge in [0.05, 0.1) is 22.8 Å². The number of fused-ring (bicyclic) bond motifs is 8. The zero-order chi connectivity index (χ0) is 18.4. The SMILES string of the molecule is CCC1=C(C)c2cc3ccc(cc4ccc(cc5nc(cc1n2)C=C5)[nH]4)[nH]3.[Al]. The molecule has 0 aromatic carbocycles. The molecule has 3 radical (unpaired) electrons. The molecule has 2 aliphatic rings. The van der Waals surface area contributed by atoms with Crippen molar-refractivity contribution in [3.63, 3.8) is 0 Å². The Hall–Kier alpha value is -2.87. The van der Waals surface area contributed by atoms with E-state index in [1.54, 1.807) is 0 Å². The van der Waals surface area contributed by atoms with Gasteiger partial charge in [-0.25, -0.2) is 9.97 Å². The van der Waals surface area contributed by atoms with E-state index in [-0.39, 0.29) is 17.4 Å². The van der Waals surface area contributed by atoms with Gasteiger partial charge in [0.15, 0.2) is 0 Å². The van der Waals surface area contributed by atoms with Crippen LogP contribution in [0.25, 0.3) is 45.4 Å². The average Bonchev–Trinajstić information content (AvgIpc) is 3.41. The minimum Gasteiger partial charge on any atom is -0.355 e. The summed E-state index contributed by atoms with van der Waals surface area (Å²) in [6.45, 7) is 4.33. The number of nitrogens with zero attached hydrogens (tertiary/aromatic N) is 2. The first-order chi connectivity index (χ1) is 13.2. The molecule has 0 amide bonds. The van der Waals surface area contributed by atoms with Gasteiger partial charge < -0.3 is 9.97 Å². The summed E-state index contributed by atoms with van der Waals surface area (Å²) >= 11 is 0. The van der Waals surface area contributed by atoms with Crippen LogP contribution in [0.15, 0.2) is 48.5 Å². The lowest BCUT2D eigenvalue weighted by molar-refractivity contribution is 1.20. The van der Waals surface area contributed by atoms with Gasteiger partial charge in [0.2, 0.25) is 0 Å². The summed E-state index contributed by atoms with van der Waals surface area (Å²) in [5, 5.41) is 0. The van der Waals surface area contributed by atoms with Crippen molar-refractivity contribution < 1.29 is 0 Å². The van der Waals surface area contributed by atoms with Crippen LogP contribution >= 0.6 is 0 Å². The number of aromatic amines is 2. The Labute approximate surface area is 174 Å². The van der Waals surface area contributed by atoms with E-state index in [2.05, 4.69) is 72.3 Å². The first kappa shape index (κ1) is 18.5. The molecule has 0 saturated carbocycles. The van der Waals surface area contributed by atoms with Gasteiger partial charge in [-0.05, 0) is 85.2 Å². The third-order valence-electron chi connectivity index (χ3n) is 5.08. The van der Waals surface area contributed by atoms with Crippen LogP contribution in [0.5, 0.6) is 0 Å². The van der Waals surface area contributed by atoms with Gasteiger partial charge in [-0.3, -0.25) is 0 Å². The average molecular weight is 379 g/mol. The van der Waals surface area contributed by atoms with Crippen LogP contribution in [0.4, 0.5) is 0 Å². The molecule has 0 aliphatic carbocycles. The lowest BCUT2D eigenvalue weighted by Gasteiger charge is -1.98. The first-order valence-corrected chi connectivity index (χ1v) is 9.25. The second-order valence-corrected chi connectivity index (χ2v) is 6.95. The van der Waals surface area contributed by atoms with Gasteiger partial charge in [0.1, 0.15) is 0 Å². The van der Waals surface area contributed by atoms with Crippen molar-refractivity contribution in [2.45, 2.75) is 20.3 Å². The zero-order valence-electron chi connectivity index (χ0n) is 16.0. The third kappa shape index (κ3) is 3.35. The summed E-state index contributed by atoms with van der Waals surface area (Å²) in [5.41, 5.74) is 10.6. The second kappa shape index (κ2) is 7.27. The van der Waals surface area contributed by atoms with Crippen LogP contribution in [0.2, 0.25) is 0 Å². The number of allylic oxidation sites excluding steroid dienone is 2. The Kier molecular flexibility index (Phi) is 4.80. The Morgan fingerprint density at radius 2 is 1.29 bits per heavy atom. The van der Waals surface area contributed by atoms with Crippen LogP contribution < -0.4 is 0 Å². The molecule has 0 unspecified atom stereocenters. The molecule has 8 bridgehead atoms. The fourth-order valence-corrected chi connectivity index (χ4v) is 3.70. The molecule has 5 heteroatoms. The van der Waals surface area contributed by atoms with Crippen molar-refractivity contribution >= 4 is 62.7 Å². The molecule has 2 N–H and O–H groups in total. The van der Waals surface area contributed by atoms with Crippen LogP contribution in [-0.2, 0) is 0 Å². The first-order valence-electron chi connectivity index (χ1n) is 9.25. The largest absolute Gasteiger partial charge is 0.355 e. The van der Waals surface area contributed by atoms with Crippen molar-refractivity contribution in [3.8, 4) is 0 Å². The molecule has 2 aliphatic heterocycles. The monoisotopic (exact) mass is 379 g/mol. The van der Waals surface area contributed by atoms with Gasteiger partial charge in [-0.15, -0.1) is 0 Å². The molecule has 135 valence electrons. The maximum atomic E-state index is 4.89. The summed E-state index contributed by atoms with van der Waals surface area (Å²) < 4.78 is 0. The summed E-state index contributed by atoms with van der Waals surface area (Å²) in [4.78, 5) is 16.5. The molecule has 5 heterocycles. The molecule has 0 spiro atoms. The smallest absolute Gasteiger partial charge is 0.0693 e. The summed E-state index contributed by atoms with van der Waals surface area (Å²) in [5.74, 6) is 0. The minimum absolute atomic E-state index is 0. The Morgan fingerprint density at radius 3 is 1.93 bits per heavy atom. The predicted molar refractivity (Wildman–Crippen MR) is 118 cm³/mol. The standard InChI is InChI=1S/C23H20N4.Al/c1-3-21-14(2)22-12-19-8-6-17(25-19)10-15-4-5-16(24-15)11-18-7-9-20(26-18)13-23(21)27-22;/h4-13,24-25H,3H2,1-2H3;. The van der Waals surface area contributed by atoms with Crippen LogP contribution in [-0.4, -0.2) is 37.3 Å². The number of H-pyrrole nitrogens is 2. The summed E-state index contributed by atoms with van der Waals surface area (Å²) in [6, 6.07) is 16.7. The van der Waals surface area contributed by atoms with Gasteiger partial charge in [0, 0.05) is 39.4 Å². The second-order valence-electron chi connectivity index (χ2n) is 6.95. The van der Waals surface area contributed by atoms with E-state index in [4.69, 9.17) is 9.97 Å². The van der Waals surface area contributed by atoms with Crippen LogP contribution in [0.1, 0.15) is 43.0 Å². The van der Waals surface area contributed by atoms with Crippen molar-refractivity contribution in [1.29, 1.82) is 0 Å². The topological polar surface area (TPSA) is 57.4 Å². The van der Waals surface area contributed by atoms with Crippen LogP contribution in [0, 0.1) is 0 Å². The van der Waals surface area contributed by atoms with E-state index in [0.29, 0.717) is 0 Å². The molecule has 3 aromatic heterocycles. The number of nitrogens with one attached hydrogen (secondary N) is 2. The molecule has 0 saturated heterocycles. The quantitative estimate of drug-likeness (QED) is 0.432. The Balaban J connectivity index is 0.00000192. The minimum atomic E-state index is 0. The van der Waals surface area contributed by atoms with E-state index in [1.807, 2.05) is 12.2 Å². The fraction of sp³-hybridized carbons (Fsp3) is 0.130. The third-order valence-corrected chi connectivity index (χ3v) is 5.08. The lowest BCUT2D eigenvalue weighted by atomic mass is 10.0. The van der Waals surface area contributed by atoms with E-state index < -0.39 is 0 Å². The number of hydrogen-bond donors (Lipinski definition) is 2. The van der Waals surface area contributed by atoms with Gasteiger partial charge in [-0.2, -0.15) is 0 Å². The van der Waals surface area contributed by atoms with E-state index in [9.17, 15) is 0 Å². The predicted octanol–water partition coefficient (Wildman–Crippen LogP) is 5.45. The highest BCUT2D eigenvalue weighted by Gasteiger charge is 2.15. The van der Waals surface area contributed by atoms with Crippen molar-refractivity contribution in [2.75, 3.05) is 0 Å². The van der Waals surface area contributed by atoms with Gasteiger partial charge in [0.25, 0.3) is 0 Å². The number of aromatic nitrogens is 4. The van der Waals surface area contributed by atoms with Gasteiger partial charge in [-0.1, -0.05) is 6.92 Å². The van der Waals surface area contributed by atoms with Gasteiger partial charge >= 0.3 is 0 Å². The van der Waals surface area contributed by atoms with Crippen LogP contribution in [0.3, 0.4) is 0 Å². The fourth-order valence-electron chi connectivity index (χ4n) is 3.70. The van der Waals surface area contributed by atoms with Crippen molar-refractivity contribution in [1.82, 2.24) is 19.9 Å². The lowest BCUT2D eigenvalue weighted by Crippen LogP contribution is -1.82. The molecule has 5 rings (SSSR count). The zero-order valence-corrected chi connectivity index (χ0v) is 17.1. The number of hydrogen-bond acceptors (Lipinski definition) is 2. The molecule has 0 fully saturated rings. The molecule has 0 atom stereocenters. The highest BCUT2D eigenvalue weighted by Crippen LogP contribution is 2.32. The summed E-state index contributed by atoms with van der Waals surface area (Å²) in [6.07, 6.45) is 5.04. The molecule has 28 heavy (non-hydrogen) atoms. The highest BCUT2D eigenvalue weighted by molar-refractivity contribution is 5.92.